The number of hydrogen-bond acceptors (Lipinski definition) is 3. The van der Waals surface area contributed by atoms with E-state index in [4.69, 9.17) is 5.73 Å². The van der Waals surface area contributed by atoms with Crippen molar-refractivity contribution in [2.45, 2.75) is 19.1 Å². The minimum atomic E-state index is -0.925. The molecule has 2 atom stereocenters. The van der Waals surface area contributed by atoms with Crippen LogP contribution < -0.4 is 5.73 Å². The monoisotopic (exact) mass is 171 g/mol. The number of amides is 2. The molecule has 0 aromatic rings. The molecule has 1 saturated heterocycles. The van der Waals surface area contributed by atoms with Crippen molar-refractivity contribution in [2.24, 2.45) is 5.73 Å². The highest BCUT2D eigenvalue weighted by atomic mass is 16.3. The first-order valence-corrected chi connectivity index (χ1v) is 3.62. The summed E-state index contributed by atoms with van der Waals surface area (Å²) in [7, 11) is 0. The Morgan fingerprint density at radius 2 is 2.25 bits per heavy atom. The zero-order valence-electron chi connectivity index (χ0n) is 6.73. The molecule has 67 valence electrons. The standard InChI is InChI=1S/C7H11N2O3/c1-4(10)9-3-2-5(11)6(9)7(8)12/h2,5-6,11H,3H2,1H3,(H2,8,12)/t5-,6?/m1/s1. The normalized spacial score (nSPS) is 29.0. The molecule has 0 aromatic heterocycles. The van der Waals surface area contributed by atoms with E-state index >= 15 is 0 Å². The van der Waals surface area contributed by atoms with Gasteiger partial charge < -0.3 is 15.7 Å². The molecule has 1 aliphatic rings. The van der Waals surface area contributed by atoms with Crippen LogP contribution in [0.15, 0.2) is 0 Å². The van der Waals surface area contributed by atoms with Gasteiger partial charge in [0.05, 0.1) is 6.10 Å². The summed E-state index contributed by atoms with van der Waals surface area (Å²) in [5, 5.41) is 9.23. The van der Waals surface area contributed by atoms with Crippen LogP contribution in [0.1, 0.15) is 6.92 Å². The third kappa shape index (κ3) is 1.40. The number of rotatable bonds is 1. The largest absolute Gasteiger partial charge is 0.390 e. The van der Waals surface area contributed by atoms with Crippen LogP contribution in [0, 0.1) is 6.42 Å². The predicted octanol–water partition coefficient (Wildman–Crippen LogP) is -1.73. The molecule has 5 nitrogen and oxygen atoms in total. The van der Waals surface area contributed by atoms with Crippen molar-refractivity contribution in [3.05, 3.63) is 6.42 Å². The molecule has 0 aliphatic carbocycles. The van der Waals surface area contributed by atoms with Gasteiger partial charge in [0, 0.05) is 19.9 Å². The average molecular weight is 171 g/mol. The fraction of sp³-hybridized carbons (Fsp3) is 0.571. The molecular formula is C7H11N2O3. The summed E-state index contributed by atoms with van der Waals surface area (Å²) >= 11 is 0. The summed E-state index contributed by atoms with van der Waals surface area (Å²) in [4.78, 5) is 22.9. The van der Waals surface area contributed by atoms with Crippen LogP contribution in [0.3, 0.4) is 0 Å². The lowest BCUT2D eigenvalue weighted by Gasteiger charge is -2.21. The maximum absolute atomic E-state index is 10.9. The number of carbonyl (C=O) groups is 2. The van der Waals surface area contributed by atoms with Gasteiger partial charge in [-0.2, -0.15) is 0 Å². The highest BCUT2D eigenvalue weighted by Crippen LogP contribution is 2.16. The Kier molecular flexibility index (Phi) is 2.32. The quantitative estimate of drug-likeness (QED) is 0.491. The minimum absolute atomic E-state index is 0.258. The second kappa shape index (κ2) is 3.10. The maximum atomic E-state index is 10.9. The summed E-state index contributed by atoms with van der Waals surface area (Å²) in [5.74, 6) is -0.932. The molecular weight excluding hydrogens is 160 g/mol. The van der Waals surface area contributed by atoms with E-state index in [1.165, 1.54) is 18.2 Å². The molecule has 1 unspecified atom stereocenters. The molecule has 12 heavy (non-hydrogen) atoms. The van der Waals surface area contributed by atoms with E-state index < -0.39 is 18.1 Å². The van der Waals surface area contributed by atoms with Crippen molar-refractivity contribution in [3.8, 4) is 0 Å². The van der Waals surface area contributed by atoms with E-state index in [9.17, 15) is 14.7 Å². The van der Waals surface area contributed by atoms with Crippen LogP contribution in [0.5, 0.6) is 0 Å². The lowest BCUT2D eigenvalue weighted by molar-refractivity contribution is -0.137. The Morgan fingerprint density at radius 1 is 1.67 bits per heavy atom. The number of hydrogen-bond donors (Lipinski definition) is 2. The van der Waals surface area contributed by atoms with E-state index in [0.717, 1.165) is 0 Å². The Balaban J connectivity index is 2.77. The van der Waals surface area contributed by atoms with Gasteiger partial charge in [0.15, 0.2) is 0 Å². The highest BCUT2D eigenvalue weighted by molar-refractivity contribution is 5.87. The summed E-state index contributed by atoms with van der Waals surface area (Å²) in [6, 6.07) is -0.887. The Morgan fingerprint density at radius 3 is 2.58 bits per heavy atom. The van der Waals surface area contributed by atoms with Gasteiger partial charge in [-0.05, 0) is 0 Å². The highest BCUT2D eigenvalue weighted by Gasteiger charge is 2.38. The van der Waals surface area contributed by atoms with Gasteiger partial charge >= 0.3 is 0 Å². The second-order valence-corrected chi connectivity index (χ2v) is 2.74. The van der Waals surface area contributed by atoms with E-state index in [1.54, 1.807) is 0 Å². The molecule has 0 spiro atoms. The predicted molar refractivity (Wildman–Crippen MR) is 40.7 cm³/mol. The fourth-order valence-electron chi connectivity index (χ4n) is 1.29. The van der Waals surface area contributed by atoms with Crippen LogP contribution in [0.2, 0.25) is 0 Å². The molecule has 0 bridgehead atoms. The molecule has 5 heteroatoms. The van der Waals surface area contributed by atoms with E-state index in [1.807, 2.05) is 0 Å². The van der Waals surface area contributed by atoms with Gasteiger partial charge in [-0.3, -0.25) is 9.59 Å². The number of likely N-dealkylation sites (tertiary alicyclic amines) is 1. The smallest absolute Gasteiger partial charge is 0.242 e. The molecule has 1 fully saturated rings. The van der Waals surface area contributed by atoms with Crippen LogP contribution in [-0.4, -0.2) is 40.5 Å². The van der Waals surface area contributed by atoms with E-state index in [-0.39, 0.29) is 12.5 Å². The van der Waals surface area contributed by atoms with Gasteiger partial charge in [-0.15, -0.1) is 0 Å². The Bertz CT molecular complexity index is 217. The molecule has 0 aromatic carbocycles. The number of primary amides is 1. The third-order valence-corrected chi connectivity index (χ3v) is 1.90. The first-order valence-electron chi connectivity index (χ1n) is 3.62. The van der Waals surface area contributed by atoms with Crippen LogP contribution in [-0.2, 0) is 9.59 Å². The van der Waals surface area contributed by atoms with Gasteiger partial charge in [0.2, 0.25) is 11.8 Å². The number of carbonyl (C=O) groups excluding carboxylic acids is 2. The summed E-state index contributed by atoms with van der Waals surface area (Å²) in [5.41, 5.74) is 5.00. The van der Waals surface area contributed by atoms with E-state index in [0.29, 0.717) is 0 Å². The zero-order valence-corrected chi connectivity index (χ0v) is 6.73. The van der Waals surface area contributed by atoms with Gasteiger partial charge in [0.1, 0.15) is 6.04 Å². The molecule has 3 N–H and O–H groups in total. The van der Waals surface area contributed by atoms with Crippen molar-refractivity contribution in [1.29, 1.82) is 0 Å². The molecule has 0 saturated carbocycles. The molecule has 1 radical (unpaired) electrons. The first kappa shape index (κ1) is 8.99. The Hall–Kier alpha value is -1.10. The fourth-order valence-corrected chi connectivity index (χ4v) is 1.29. The van der Waals surface area contributed by atoms with Crippen molar-refractivity contribution in [2.75, 3.05) is 6.54 Å². The number of aliphatic hydroxyl groups is 1. The van der Waals surface area contributed by atoms with Crippen molar-refractivity contribution >= 4 is 11.8 Å². The Labute approximate surface area is 70.1 Å². The molecule has 1 rings (SSSR count). The van der Waals surface area contributed by atoms with Gasteiger partial charge in [0.25, 0.3) is 0 Å². The number of nitrogens with zero attached hydrogens (tertiary/aromatic N) is 1. The van der Waals surface area contributed by atoms with Crippen molar-refractivity contribution in [1.82, 2.24) is 4.90 Å². The number of aliphatic hydroxyl groups excluding tert-OH is 1. The molecule has 1 aliphatic heterocycles. The topological polar surface area (TPSA) is 83.6 Å². The molecule has 1 heterocycles. The van der Waals surface area contributed by atoms with Crippen LogP contribution >= 0.6 is 0 Å². The second-order valence-electron chi connectivity index (χ2n) is 2.74. The van der Waals surface area contributed by atoms with Crippen molar-refractivity contribution < 1.29 is 14.7 Å². The van der Waals surface area contributed by atoms with Crippen LogP contribution in [0.4, 0.5) is 0 Å². The lowest BCUT2D eigenvalue weighted by atomic mass is 10.1. The van der Waals surface area contributed by atoms with Crippen molar-refractivity contribution in [3.63, 3.8) is 0 Å². The summed E-state index contributed by atoms with van der Waals surface area (Å²) < 4.78 is 0. The van der Waals surface area contributed by atoms with Crippen LogP contribution in [0.25, 0.3) is 0 Å². The summed E-state index contributed by atoms with van der Waals surface area (Å²) in [6.07, 6.45) is 0.558. The third-order valence-electron chi connectivity index (χ3n) is 1.90. The number of nitrogens with two attached hydrogens (primary N) is 1. The summed E-state index contributed by atoms with van der Waals surface area (Å²) in [6.45, 7) is 1.62. The van der Waals surface area contributed by atoms with Gasteiger partial charge in [-0.1, -0.05) is 0 Å². The molecule has 2 amide bonds. The lowest BCUT2D eigenvalue weighted by Crippen LogP contribution is -2.47. The van der Waals surface area contributed by atoms with E-state index in [2.05, 4.69) is 0 Å². The van der Waals surface area contributed by atoms with Gasteiger partial charge in [-0.25, -0.2) is 0 Å². The maximum Gasteiger partial charge on any atom is 0.242 e. The average Bonchev–Trinajstić information content (AvgIpc) is 2.30. The minimum Gasteiger partial charge on any atom is -0.390 e. The zero-order chi connectivity index (χ0) is 9.30. The SMILES string of the molecule is CC(=O)N1C[CH][C@@H](O)C1C(N)=O. The first-order chi connectivity index (χ1) is 5.54.